The molecule has 116 valence electrons. The fraction of sp³-hybridized carbons (Fsp3) is 0.571. The first-order valence-electron chi connectivity index (χ1n) is 6.88. The van der Waals surface area contributed by atoms with Crippen LogP contribution >= 0.6 is 11.6 Å². The predicted molar refractivity (Wildman–Crippen MR) is 82.7 cm³/mol. The number of aryl methyl sites for hydroxylation is 2. The van der Waals surface area contributed by atoms with Crippen LogP contribution in [0.2, 0.25) is 5.02 Å². The van der Waals surface area contributed by atoms with Crippen LogP contribution in [-0.4, -0.2) is 40.3 Å². The summed E-state index contributed by atoms with van der Waals surface area (Å²) in [6.07, 6.45) is 1.68. The molecule has 0 aliphatic carbocycles. The Morgan fingerprint density at radius 1 is 1.43 bits per heavy atom. The highest BCUT2D eigenvalue weighted by atomic mass is 35.5. The summed E-state index contributed by atoms with van der Waals surface area (Å²) in [6, 6.07) is -0.0504. The zero-order chi connectivity index (χ0) is 15.6. The Kier molecular flexibility index (Phi) is 5.03. The minimum absolute atomic E-state index is 0.0504. The van der Waals surface area contributed by atoms with Crippen molar-refractivity contribution in [1.82, 2.24) is 24.9 Å². The maximum Gasteiger partial charge on any atom is 0.0837 e. The van der Waals surface area contributed by atoms with Gasteiger partial charge < -0.3 is 10.1 Å². The van der Waals surface area contributed by atoms with Crippen LogP contribution in [0, 0.1) is 13.8 Å². The molecule has 1 atom stereocenters. The van der Waals surface area contributed by atoms with E-state index in [0.29, 0.717) is 18.2 Å². The molecule has 2 rings (SSSR count). The zero-order valence-electron chi connectivity index (χ0n) is 13.1. The molecule has 7 heteroatoms. The topological polar surface area (TPSA) is 56.9 Å². The summed E-state index contributed by atoms with van der Waals surface area (Å²) in [5, 5.41) is 12.8. The molecule has 0 aliphatic rings. The summed E-state index contributed by atoms with van der Waals surface area (Å²) in [5.41, 5.74) is 4.18. The van der Waals surface area contributed by atoms with Crippen LogP contribution < -0.4 is 5.32 Å². The van der Waals surface area contributed by atoms with E-state index in [1.165, 1.54) is 0 Å². The van der Waals surface area contributed by atoms with Crippen molar-refractivity contribution in [2.45, 2.75) is 26.4 Å². The van der Waals surface area contributed by atoms with Crippen LogP contribution in [0.25, 0.3) is 0 Å². The number of nitrogens with zero attached hydrogens (tertiary/aromatic N) is 4. The van der Waals surface area contributed by atoms with E-state index >= 15 is 0 Å². The average molecular weight is 312 g/mol. The highest BCUT2D eigenvalue weighted by Crippen LogP contribution is 2.31. The Bertz CT molecular complexity index is 619. The molecule has 0 aromatic carbocycles. The number of methoxy groups -OCH3 is 1. The van der Waals surface area contributed by atoms with Gasteiger partial charge in [0.15, 0.2) is 0 Å². The Morgan fingerprint density at radius 3 is 2.67 bits per heavy atom. The van der Waals surface area contributed by atoms with Gasteiger partial charge in [0.25, 0.3) is 0 Å². The van der Waals surface area contributed by atoms with E-state index in [-0.39, 0.29) is 6.04 Å². The lowest BCUT2D eigenvalue weighted by molar-refractivity contribution is 0.182. The number of hydrogen-bond donors (Lipinski definition) is 1. The second kappa shape index (κ2) is 6.60. The van der Waals surface area contributed by atoms with Crippen LogP contribution in [0.5, 0.6) is 0 Å². The summed E-state index contributed by atoms with van der Waals surface area (Å²) in [4.78, 5) is 0. The summed E-state index contributed by atoms with van der Waals surface area (Å²) < 4.78 is 8.92. The van der Waals surface area contributed by atoms with Crippen molar-refractivity contribution in [3.63, 3.8) is 0 Å². The third-order valence-electron chi connectivity index (χ3n) is 3.76. The molecular weight excluding hydrogens is 290 g/mol. The lowest BCUT2D eigenvalue weighted by Gasteiger charge is -2.19. The van der Waals surface area contributed by atoms with E-state index in [0.717, 1.165) is 22.6 Å². The van der Waals surface area contributed by atoms with Gasteiger partial charge in [-0.1, -0.05) is 11.6 Å². The van der Waals surface area contributed by atoms with Gasteiger partial charge in [0.2, 0.25) is 0 Å². The molecule has 0 saturated carbocycles. The van der Waals surface area contributed by atoms with Gasteiger partial charge in [-0.3, -0.25) is 9.36 Å². The normalized spacial score (nSPS) is 12.9. The molecule has 2 aromatic rings. The molecule has 6 nitrogen and oxygen atoms in total. The quantitative estimate of drug-likeness (QED) is 0.884. The number of nitrogens with one attached hydrogen (secondary N) is 1. The maximum absolute atomic E-state index is 6.37. The van der Waals surface area contributed by atoms with Gasteiger partial charge in [-0.15, -0.1) is 0 Å². The van der Waals surface area contributed by atoms with E-state index in [9.17, 15) is 0 Å². The largest absolute Gasteiger partial charge is 0.383 e. The first-order chi connectivity index (χ1) is 10.0. The van der Waals surface area contributed by atoms with E-state index in [4.69, 9.17) is 16.3 Å². The van der Waals surface area contributed by atoms with Crippen LogP contribution in [0.3, 0.4) is 0 Å². The summed E-state index contributed by atoms with van der Waals surface area (Å²) in [7, 11) is 5.54. The first-order valence-corrected chi connectivity index (χ1v) is 7.26. The molecule has 1 unspecified atom stereocenters. The van der Waals surface area contributed by atoms with Gasteiger partial charge in [-0.2, -0.15) is 10.2 Å². The van der Waals surface area contributed by atoms with Crippen molar-refractivity contribution in [2.24, 2.45) is 7.05 Å². The second-order valence-electron chi connectivity index (χ2n) is 5.02. The van der Waals surface area contributed by atoms with Crippen molar-refractivity contribution in [3.8, 4) is 0 Å². The lowest BCUT2D eigenvalue weighted by atomic mass is 10.0. The fourth-order valence-electron chi connectivity index (χ4n) is 2.64. The second-order valence-corrected chi connectivity index (χ2v) is 5.43. The molecule has 0 saturated heterocycles. The number of halogens is 1. The van der Waals surface area contributed by atoms with Crippen molar-refractivity contribution < 1.29 is 4.74 Å². The van der Waals surface area contributed by atoms with Gasteiger partial charge in [0.1, 0.15) is 0 Å². The van der Waals surface area contributed by atoms with E-state index in [1.807, 2.05) is 30.4 Å². The van der Waals surface area contributed by atoms with Crippen molar-refractivity contribution >= 4 is 11.6 Å². The number of ether oxygens (including phenoxy) is 1. The predicted octanol–water partition coefficient (Wildman–Crippen LogP) is 1.84. The number of aromatic nitrogens is 4. The zero-order valence-corrected chi connectivity index (χ0v) is 13.9. The minimum Gasteiger partial charge on any atom is -0.383 e. The van der Waals surface area contributed by atoms with Gasteiger partial charge in [-0.25, -0.2) is 0 Å². The van der Waals surface area contributed by atoms with Gasteiger partial charge >= 0.3 is 0 Å². The van der Waals surface area contributed by atoms with Crippen molar-refractivity contribution in [3.05, 3.63) is 33.9 Å². The Hall–Kier alpha value is -1.37. The van der Waals surface area contributed by atoms with Crippen LogP contribution in [-0.2, 0) is 18.3 Å². The Labute approximate surface area is 130 Å². The third-order valence-corrected chi connectivity index (χ3v) is 4.05. The summed E-state index contributed by atoms with van der Waals surface area (Å²) in [5.74, 6) is 0. The van der Waals surface area contributed by atoms with Crippen molar-refractivity contribution in [2.75, 3.05) is 20.8 Å². The van der Waals surface area contributed by atoms with E-state index in [2.05, 4.69) is 22.4 Å². The fourth-order valence-corrected chi connectivity index (χ4v) is 2.89. The molecule has 0 bridgehead atoms. The van der Waals surface area contributed by atoms with Crippen molar-refractivity contribution in [1.29, 1.82) is 0 Å². The molecule has 0 aliphatic heterocycles. The van der Waals surface area contributed by atoms with Gasteiger partial charge in [-0.05, 0) is 20.9 Å². The summed E-state index contributed by atoms with van der Waals surface area (Å²) in [6.45, 7) is 5.32. The molecule has 21 heavy (non-hydrogen) atoms. The minimum atomic E-state index is -0.0504. The molecule has 2 aromatic heterocycles. The molecule has 0 spiro atoms. The molecular formula is C14H22ClN5O. The Balaban J connectivity index is 2.49. The highest BCUT2D eigenvalue weighted by Gasteiger charge is 2.26. The average Bonchev–Trinajstić information content (AvgIpc) is 2.93. The van der Waals surface area contributed by atoms with E-state index in [1.54, 1.807) is 13.3 Å². The SMILES string of the molecule is CNC(c1c(C)nn(C)c1C)c1c(Cl)cnn1CCOC. The third kappa shape index (κ3) is 2.97. The van der Waals surface area contributed by atoms with Gasteiger partial charge in [0, 0.05) is 25.4 Å². The molecule has 0 amide bonds. The summed E-state index contributed by atoms with van der Waals surface area (Å²) >= 11 is 6.37. The lowest BCUT2D eigenvalue weighted by Crippen LogP contribution is -2.24. The monoisotopic (exact) mass is 311 g/mol. The highest BCUT2D eigenvalue weighted by molar-refractivity contribution is 6.31. The molecule has 0 fully saturated rings. The van der Waals surface area contributed by atoms with Crippen LogP contribution in [0.15, 0.2) is 6.20 Å². The number of rotatable bonds is 6. The molecule has 0 radical (unpaired) electrons. The van der Waals surface area contributed by atoms with Gasteiger partial charge in [0.05, 0.1) is 41.8 Å². The standard InChI is InChI=1S/C14H22ClN5O/c1-9-12(10(2)19(4)18-9)13(16-3)14-11(15)8-17-20(14)6-7-21-5/h8,13,16H,6-7H2,1-5H3. The molecule has 1 N–H and O–H groups in total. The smallest absolute Gasteiger partial charge is 0.0837 e. The van der Waals surface area contributed by atoms with E-state index < -0.39 is 0 Å². The first kappa shape index (κ1) is 16.0. The Morgan fingerprint density at radius 2 is 2.14 bits per heavy atom. The molecule has 2 heterocycles. The van der Waals surface area contributed by atoms with Crippen LogP contribution in [0.1, 0.15) is 28.7 Å². The van der Waals surface area contributed by atoms with Crippen LogP contribution in [0.4, 0.5) is 0 Å². The maximum atomic E-state index is 6.37. The number of hydrogen-bond acceptors (Lipinski definition) is 4.